The van der Waals surface area contributed by atoms with Crippen molar-refractivity contribution in [1.29, 1.82) is 0 Å². The normalized spacial score (nSPS) is 36.5. The second-order valence-corrected chi connectivity index (χ2v) is 3.92. The number of nitrogens with two attached hydrogens (primary N) is 1. The molecule has 78 valence electrons. The lowest BCUT2D eigenvalue weighted by atomic mass is 9.99. The molecule has 0 aromatic rings. The SMILES string of the molecule is CNCC(N)CC1CC(F)C(F)C1. The van der Waals surface area contributed by atoms with Gasteiger partial charge in [-0.25, -0.2) is 8.78 Å². The zero-order valence-electron chi connectivity index (χ0n) is 7.97. The van der Waals surface area contributed by atoms with Crippen molar-refractivity contribution < 1.29 is 8.78 Å². The second kappa shape index (κ2) is 4.86. The van der Waals surface area contributed by atoms with Crippen LogP contribution >= 0.6 is 0 Å². The van der Waals surface area contributed by atoms with Crippen LogP contribution in [-0.2, 0) is 0 Å². The highest BCUT2D eigenvalue weighted by Crippen LogP contribution is 2.33. The Morgan fingerprint density at radius 2 is 1.92 bits per heavy atom. The Bertz CT molecular complexity index is 145. The van der Waals surface area contributed by atoms with Crippen molar-refractivity contribution in [2.75, 3.05) is 13.6 Å². The molecule has 0 aromatic heterocycles. The molecule has 1 rings (SSSR count). The van der Waals surface area contributed by atoms with Crippen LogP contribution in [0.2, 0.25) is 0 Å². The van der Waals surface area contributed by atoms with Crippen LogP contribution in [0, 0.1) is 5.92 Å². The molecule has 0 spiro atoms. The Labute approximate surface area is 77.9 Å². The van der Waals surface area contributed by atoms with Gasteiger partial charge in [0.05, 0.1) is 0 Å². The van der Waals surface area contributed by atoms with E-state index in [1.807, 2.05) is 7.05 Å². The maximum atomic E-state index is 12.8. The molecule has 1 aliphatic carbocycles. The monoisotopic (exact) mass is 192 g/mol. The van der Waals surface area contributed by atoms with Gasteiger partial charge < -0.3 is 11.1 Å². The zero-order chi connectivity index (χ0) is 9.84. The standard InChI is InChI=1S/C9H18F2N2/c1-13-5-7(12)2-6-3-8(10)9(11)4-6/h6-9,13H,2-5,12H2,1H3. The summed E-state index contributed by atoms with van der Waals surface area (Å²) in [4.78, 5) is 0. The van der Waals surface area contributed by atoms with Crippen molar-refractivity contribution in [3.05, 3.63) is 0 Å². The van der Waals surface area contributed by atoms with E-state index in [2.05, 4.69) is 5.32 Å². The largest absolute Gasteiger partial charge is 0.327 e. The Morgan fingerprint density at radius 1 is 1.38 bits per heavy atom. The molecule has 0 radical (unpaired) electrons. The number of hydrogen-bond acceptors (Lipinski definition) is 2. The van der Waals surface area contributed by atoms with E-state index in [-0.39, 0.29) is 12.0 Å². The minimum Gasteiger partial charge on any atom is -0.327 e. The Morgan fingerprint density at radius 3 is 2.38 bits per heavy atom. The van der Waals surface area contributed by atoms with Crippen molar-refractivity contribution in [2.24, 2.45) is 11.7 Å². The molecule has 3 N–H and O–H groups in total. The fourth-order valence-corrected chi connectivity index (χ4v) is 1.99. The Hall–Kier alpha value is -0.220. The average Bonchev–Trinajstić information content (AvgIpc) is 2.31. The summed E-state index contributed by atoms with van der Waals surface area (Å²) in [6.07, 6.45) is -1.10. The van der Waals surface area contributed by atoms with E-state index in [4.69, 9.17) is 5.73 Å². The molecule has 1 saturated carbocycles. The summed E-state index contributed by atoms with van der Waals surface area (Å²) in [5.41, 5.74) is 5.75. The number of halogens is 2. The third-order valence-electron chi connectivity index (χ3n) is 2.61. The van der Waals surface area contributed by atoms with Crippen molar-refractivity contribution in [3.8, 4) is 0 Å². The van der Waals surface area contributed by atoms with Crippen molar-refractivity contribution in [3.63, 3.8) is 0 Å². The topological polar surface area (TPSA) is 38.0 Å². The minimum absolute atomic E-state index is 0.0208. The van der Waals surface area contributed by atoms with Crippen LogP contribution in [0.4, 0.5) is 8.78 Å². The van der Waals surface area contributed by atoms with Crippen LogP contribution in [0.25, 0.3) is 0 Å². The summed E-state index contributed by atoms with van der Waals surface area (Å²) in [5.74, 6) is 0.133. The summed E-state index contributed by atoms with van der Waals surface area (Å²) in [5, 5.41) is 2.95. The highest BCUT2D eigenvalue weighted by Gasteiger charge is 2.34. The average molecular weight is 192 g/mol. The lowest BCUT2D eigenvalue weighted by Crippen LogP contribution is -2.33. The van der Waals surface area contributed by atoms with E-state index in [1.54, 1.807) is 0 Å². The number of nitrogens with one attached hydrogen (secondary N) is 1. The van der Waals surface area contributed by atoms with E-state index >= 15 is 0 Å². The highest BCUT2D eigenvalue weighted by atomic mass is 19.2. The van der Waals surface area contributed by atoms with Gasteiger partial charge in [0.2, 0.25) is 0 Å². The first-order valence-corrected chi connectivity index (χ1v) is 4.81. The summed E-state index contributed by atoms with van der Waals surface area (Å²) in [7, 11) is 1.82. The van der Waals surface area contributed by atoms with Gasteiger partial charge in [0.25, 0.3) is 0 Å². The van der Waals surface area contributed by atoms with Crippen molar-refractivity contribution >= 4 is 0 Å². The van der Waals surface area contributed by atoms with E-state index in [0.717, 1.165) is 6.42 Å². The summed E-state index contributed by atoms with van der Waals surface area (Å²) in [6.45, 7) is 0.713. The first-order valence-electron chi connectivity index (χ1n) is 4.81. The molecule has 3 unspecified atom stereocenters. The summed E-state index contributed by atoms with van der Waals surface area (Å²) >= 11 is 0. The molecule has 0 aliphatic heterocycles. The summed E-state index contributed by atoms with van der Waals surface area (Å²) < 4.78 is 25.5. The third-order valence-corrected chi connectivity index (χ3v) is 2.61. The Balaban J connectivity index is 2.23. The highest BCUT2D eigenvalue weighted by molar-refractivity contribution is 4.85. The van der Waals surface area contributed by atoms with Crippen LogP contribution < -0.4 is 11.1 Å². The van der Waals surface area contributed by atoms with Gasteiger partial charge in [-0.3, -0.25) is 0 Å². The van der Waals surface area contributed by atoms with Gasteiger partial charge in [0, 0.05) is 12.6 Å². The first-order chi connectivity index (χ1) is 6.13. The lowest BCUT2D eigenvalue weighted by Gasteiger charge is -2.15. The predicted molar refractivity (Wildman–Crippen MR) is 49.0 cm³/mol. The molecule has 1 fully saturated rings. The maximum Gasteiger partial charge on any atom is 0.131 e. The molecule has 1 aliphatic rings. The number of likely N-dealkylation sites (N-methyl/N-ethyl adjacent to an activating group) is 1. The minimum atomic E-state index is -1.26. The third kappa shape index (κ3) is 3.19. The van der Waals surface area contributed by atoms with E-state index < -0.39 is 12.3 Å². The number of hydrogen-bond donors (Lipinski definition) is 2. The molecule has 3 atom stereocenters. The predicted octanol–water partition coefficient (Wildman–Crippen LogP) is 1.01. The molecular formula is C9H18F2N2. The Kier molecular flexibility index (Phi) is 4.06. The van der Waals surface area contributed by atoms with Gasteiger partial charge >= 0.3 is 0 Å². The smallest absolute Gasteiger partial charge is 0.131 e. The number of rotatable bonds is 4. The molecule has 0 amide bonds. The maximum absolute atomic E-state index is 12.8. The molecule has 0 heterocycles. The van der Waals surface area contributed by atoms with Crippen LogP contribution in [0.15, 0.2) is 0 Å². The van der Waals surface area contributed by atoms with Gasteiger partial charge in [-0.15, -0.1) is 0 Å². The second-order valence-electron chi connectivity index (χ2n) is 3.92. The van der Waals surface area contributed by atoms with E-state index in [0.29, 0.717) is 19.4 Å². The van der Waals surface area contributed by atoms with Crippen LogP contribution in [0.1, 0.15) is 19.3 Å². The molecule has 0 saturated heterocycles. The van der Waals surface area contributed by atoms with Crippen LogP contribution in [-0.4, -0.2) is 32.0 Å². The zero-order valence-corrected chi connectivity index (χ0v) is 7.97. The van der Waals surface area contributed by atoms with Crippen molar-refractivity contribution in [2.45, 2.75) is 37.6 Å². The fraction of sp³-hybridized carbons (Fsp3) is 1.00. The fourth-order valence-electron chi connectivity index (χ4n) is 1.99. The lowest BCUT2D eigenvalue weighted by molar-refractivity contribution is 0.199. The van der Waals surface area contributed by atoms with Gasteiger partial charge in [0.1, 0.15) is 12.3 Å². The van der Waals surface area contributed by atoms with Crippen LogP contribution in [0.5, 0.6) is 0 Å². The van der Waals surface area contributed by atoms with Gasteiger partial charge in [0.15, 0.2) is 0 Å². The molecule has 13 heavy (non-hydrogen) atoms. The molecule has 2 nitrogen and oxygen atoms in total. The van der Waals surface area contributed by atoms with E-state index in [1.165, 1.54) is 0 Å². The summed E-state index contributed by atoms with van der Waals surface area (Å²) in [6, 6.07) is 0.0208. The van der Waals surface area contributed by atoms with Gasteiger partial charge in [-0.1, -0.05) is 0 Å². The van der Waals surface area contributed by atoms with Crippen molar-refractivity contribution in [1.82, 2.24) is 5.32 Å². The van der Waals surface area contributed by atoms with Crippen LogP contribution in [0.3, 0.4) is 0 Å². The molecular weight excluding hydrogens is 174 g/mol. The molecule has 0 aromatic carbocycles. The quantitative estimate of drug-likeness (QED) is 0.697. The first kappa shape index (κ1) is 10.9. The van der Waals surface area contributed by atoms with E-state index in [9.17, 15) is 8.78 Å². The van der Waals surface area contributed by atoms with Gasteiger partial charge in [-0.2, -0.15) is 0 Å². The number of alkyl halides is 2. The van der Waals surface area contributed by atoms with Gasteiger partial charge in [-0.05, 0) is 32.2 Å². The molecule has 4 heteroatoms. The molecule has 0 bridgehead atoms.